The fourth-order valence-electron chi connectivity index (χ4n) is 4.68. The van der Waals surface area contributed by atoms with Gasteiger partial charge in [-0.25, -0.2) is 9.97 Å². The standard InChI is InChI=1S/C25H32BrN5O/c1-4-24-29-23-16-22(26)17(2)27-25(23)31(24)12-6-11-30-13-9-19(10-14-30)20-7-5-8-21(15-20)28-18(3)32/h5,7-8,15-16,19H,4,6,9-14H2,1-3H3,(H,28,32). The zero-order valence-corrected chi connectivity index (χ0v) is 20.8. The largest absolute Gasteiger partial charge is 0.326 e. The lowest BCUT2D eigenvalue weighted by atomic mass is 9.89. The number of piperidine rings is 1. The molecule has 0 bridgehead atoms. The van der Waals surface area contributed by atoms with Crippen molar-refractivity contribution >= 4 is 38.7 Å². The summed E-state index contributed by atoms with van der Waals surface area (Å²) in [6.45, 7) is 10.0. The molecule has 0 unspecified atom stereocenters. The van der Waals surface area contributed by atoms with Crippen LogP contribution in [-0.2, 0) is 17.8 Å². The van der Waals surface area contributed by atoms with Gasteiger partial charge in [0.25, 0.3) is 0 Å². The van der Waals surface area contributed by atoms with Crippen LogP contribution in [0.25, 0.3) is 11.2 Å². The number of pyridine rings is 1. The van der Waals surface area contributed by atoms with Gasteiger partial charge < -0.3 is 14.8 Å². The Balaban J connectivity index is 1.32. The molecule has 1 saturated heterocycles. The van der Waals surface area contributed by atoms with Crippen molar-refractivity contribution in [1.82, 2.24) is 19.4 Å². The average Bonchev–Trinajstić information content (AvgIpc) is 3.11. The van der Waals surface area contributed by atoms with Gasteiger partial charge in [-0.2, -0.15) is 0 Å². The average molecular weight is 498 g/mol. The Kier molecular flexibility index (Phi) is 7.26. The molecule has 6 nitrogen and oxygen atoms in total. The number of fused-ring (bicyclic) bond motifs is 1. The number of nitrogens with one attached hydrogen (secondary N) is 1. The molecule has 32 heavy (non-hydrogen) atoms. The van der Waals surface area contributed by atoms with E-state index in [2.05, 4.69) is 55.8 Å². The van der Waals surface area contributed by atoms with Crippen LogP contribution < -0.4 is 5.32 Å². The molecule has 170 valence electrons. The first-order valence-electron chi connectivity index (χ1n) is 11.6. The van der Waals surface area contributed by atoms with Crippen LogP contribution in [0, 0.1) is 6.92 Å². The zero-order chi connectivity index (χ0) is 22.7. The summed E-state index contributed by atoms with van der Waals surface area (Å²) in [5, 5.41) is 2.90. The fraction of sp³-hybridized carbons (Fsp3) is 0.480. The van der Waals surface area contributed by atoms with Crippen LogP contribution in [0.5, 0.6) is 0 Å². The number of benzene rings is 1. The summed E-state index contributed by atoms with van der Waals surface area (Å²) < 4.78 is 3.32. The third kappa shape index (κ3) is 5.21. The molecule has 0 aliphatic carbocycles. The minimum atomic E-state index is -0.0214. The molecule has 0 saturated carbocycles. The molecule has 0 radical (unpaired) electrons. The highest BCUT2D eigenvalue weighted by Gasteiger charge is 2.21. The van der Waals surface area contributed by atoms with Gasteiger partial charge in [-0.3, -0.25) is 4.79 Å². The zero-order valence-electron chi connectivity index (χ0n) is 19.2. The maximum Gasteiger partial charge on any atom is 0.221 e. The summed E-state index contributed by atoms with van der Waals surface area (Å²) in [5.41, 5.74) is 5.21. The third-order valence-electron chi connectivity index (χ3n) is 6.37. The van der Waals surface area contributed by atoms with E-state index in [1.54, 1.807) is 6.92 Å². The molecule has 1 amide bonds. The lowest BCUT2D eigenvalue weighted by Gasteiger charge is -2.32. The SMILES string of the molecule is CCc1nc2cc(Br)c(C)nc2n1CCCN1CCC(c2cccc(NC(C)=O)c2)CC1. The number of aryl methyl sites for hydroxylation is 3. The topological polar surface area (TPSA) is 63.1 Å². The van der Waals surface area contributed by atoms with Gasteiger partial charge in [-0.05, 0) is 91.4 Å². The number of halogens is 1. The van der Waals surface area contributed by atoms with Crippen molar-refractivity contribution in [3.8, 4) is 0 Å². The first kappa shape index (κ1) is 22.9. The van der Waals surface area contributed by atoms with Gasteiger partial charge in [-0.1, -0.05) is 19.1 Å². The molecule has 4 rings (SSSR count). The van der Waals surface area contributed by atoms with E-state index in [-0.39, 0.29) is 5.91 Å². The molecule has 1 fully saturated rings. The van der Waals surface area contributed by atoms with Crippen molar-refractivity contribution in [1.29, 1.82) is 0 Å². The van der Waals surface area contributed by atoms with Gasteiger partial charge in [-0.15, -0.1) is 0 Å². The molecule has 1 aliphatic rings. The maximum absolute atomic E-state index is 11.3. The maximum atomic E-state index is 11.3. The summed E-state index contributed by atoms with van der Waals surface area (Å²) in [6, 6.07) is 10.4. The summed E-state index contributed by atoms with van der Waals surface area (Å²) in [7, 11) is 0. The number of amides is 1. The molecule has 0 atom stereocenters. The Bertz CT molecular complexity index is 1100. The molecule has 3 aromatic rings. The molecule has 1 aromatic carbocycles. The van der Waals surface area contributed by atoms with Crippen LogP contribution in [-0.4, -0.2) is 45.0 Å². The van der Waals surface area contributed by atoms with Crippen LogP contribution in [0.2, 0.25) is 0 Å². The Morgan fingerprint density at radius 1 is 1.19 bits per heavy atom. The van der Waals surface area contributed by atoms with Crippen LogP contribution >= 0.6 is 15.9 Å². The summed E-state index contributed by atoms with van der Waals surface area (Å²) in [4.78, 5) is 23.5. The molecule has 1 aliphatic heterocycles. The normalized spacial score (nSPS) is 15.4. The Hall–Kier alpha value is -2.25. The minimum Gasteiger partial charge on any atom is -0.326 e. The number of rotatable bonds is 7. The van der Waals surface area contributed by atoms with E-state index in [1.165, 1.54) is 5.56 Å². The molecule has 3 heterocycles. The van der Waals surface area contributed by atoms with E-state index < -0.39 is 0 Å². The van der Waals surface area contributed by atoms with Gasteiger partial charge in [0.05, 0.1) is 5.69 Å². The smallest absolute Gasteiger partial charge is 0.221 e. The highest BCUT2D eigenvalue weighted by molar-refractivity contribution is 9.10. The Morgan fingerprint density at radius 3 is 2.69 bits per heavy atom. The first-order valence-corrected chi connectivity index (χ1v) is 12.4. The number of imidazole rings is 1. The first-order chi connectivity index (χ1) is 15.4. The van der Waals surface area contributed by atoms with Crippen LogP contribution in [0.1, 0.15) is 56.1 Å². The van der Waals surface area contributed by atoms with E-state index in [9.17, 15) is 4.79 Å². The van der Waals surface area contributed by atoms with E-state index in [1.807, 2.05) is 19.1 Å². The second-order valence-electron chi connectivity index (χ2n) is 8.71. The summed E-state index contributed by atoms with van der Waals surface area (Å²) in [6.07, 6.45) is 4.33. The van der Waals surface area contributed by atoms with Crippen LogP contribution in [0.15, 0.2) is 34.8 Å². The summed E-state index contributed by atoms with van der Waals surface area (Å²) >= 11 is 3.58. The van der Waals surface area contributed by atoms with E-state index >= 15 is 0 Å². The van der Waals surface area contributed by atoms with Crippen LogP contribution in [0.3, 0.4) is 0 Å². The second kappa shape index (κ2) is 10.1. The van der Waals surface area contributed by atoms with Gasteiger partial charge in [0, 0.05) is 30.0 Å². The number of nitrogens with zero attached hydrogens (tertiary/aromatic N) is 4. The van der Waals surface area contributed by atoms with Crippen molar-refractivity contribution in [3.63, 3.8) is 0 Å². The van der Waals surface area contributed by atoms with Crippen molar-refractivity contribution in [2.24, 2.45) is 0 Å². The third-order valence-corrected chi connectivity index (χ3v) is 7.17. The predicted molar refractivity (Wildman–Crippen MR) is 133 cm³/mol. The highest BCUT2D eigenvalue weighted by atomic mass is 79.9. The highest BCUT2D eigenvalue weighted by Crippen LogP contribution is 2.30. The van der Waals surface area contributed by atoms with E-state index in [0.717, 1.165) is 84.7 Å². The summed E-state index contributed by atoms with van der Waals surface area (Å²) in [5.74, 6) is 1.66. The number of hydrogen-bond acceptors (Lipinski definition) is 4. The van der Waals surface area contributed by atoms with Crippen LogP contribution in [0.4, 0.5) is 5.69 Å². The molecular weight excluding hydrogens is 466 g/mol. The number of carbonyl (C=O) groups is 1. The van der Waals surface area contributed by atoms with Gasteiger partial charge in [0.1, 0.15) is 11.3 Å². The molecule has 7 heteroatoms. The lowest BCUT2D eigenvalue weighted by molar-refractivity contribution is -0.114. The molecular formula is C25H32BrN5O. The van der Waals surface area contributed by atoms with E-state index in [0.29, 0.717) is 5.92 Å². The fourth-order valence-corrected chi connectivity index (χ4v) is 4.99. The molecule has 0 spiro atoms. The number of aromatic nitrogens is 3. The predicted octanol–water partition coefficient (Wildman–Crippen LogP) is 5.29. The lowest BCUT2D eigenvalue weighted by Crippen LogP contribution is -2.34. The van der Waals surface area contributed by atoms with Crippen molar-refractivity contribution in [2.75, 3.05) is 25.0 Å². The van der Waals surface area contributed by atoms with E-state index in [4.69, 9.17) is 9.97 Å². The number of anilines is 1. The van der Waals surface area contributed by atoms with Gasteiger partial charge in [0.15, 0.2) is 5.65 Å². The minimum absolute atomic E-state index is 0.0214. The van der Waals surface area contributed by atoms with Crippen molar-refractivity contribution in [3.05, 3.63) is 51.9 Å². The van der Waals surface area contributed by atoms with Crippen molar-refractivity contribution < 1.29 is 4.79 Å². The van der Waals surface area contributed by atoms with Crippen molar-refractivity contribution in [2.45, 2.75) is 58.9 Å². The number of carbonyl (C=O) groups excluding carboxylic acids is 1. The van der Waals surface area contributed by atoms with Gasteiger partial charge >= 0.3 is 0 Å². The Labute approximate surface area is 198 Å². The monoisotopic (exact) mass is 497 g/mol. The quantitative estimate of drug-likeness (QED) is 0.481. The molecule has 2 aromatic heterocycles. The van der Waals surface area contributed by atoms with Gasteiger partial charge in [0.2, 0.25) is 5.91 Å². The number of likely N-dealkylation sites (tertiary alicyclic amines) is 1. The Morgan fingerprint density at radius 2 is 1.97 bits per heavy atom. The molecule has 1 N–H and O–H groups in total. The second-order valence-corrected chi connectivity index (χ2v) is 9.56. The number of hydrogen-bond donors (Lipinski definition) is 1.